The first-order chi connectivity index (χ1) is 14.4. The van der Waals surface area contributed by atoms with Gasteiger partial charge in [-0.15, -0.1) is 0 Å². The minimum Gasteiger partial charge on any atom is -0.445 e. The van der Waals surface area contributed by atoms with Crippen molar-refractivity contribution in [1.82, 2.24) is 14.8 Å². The van der Waals surface area contributed by atoms with Crippen molar-refractivity contribution in [2.24, 2.45) is 0 Å². The predicted octanol–water partition coefficient (Wildman–Crippen LogP) is 2.75. The number of nitrogens with zero attached hydrogens (tertiary/aromatic N) is 3. The lowest BCUT2D eigenvalue weighted by Gasteiger charge is -2.30. The number of amides is 2. The van der Waals surface area contributed by atoms with Crippen molar-refractivity contribution in [1.29, 1.82) is 0 Å². The maximum absolute atomic E-state index is 13.4. The molecule has 2 saturated heterocycles. The Bertz CT molecular complexity index is 948. The first kappa shape index (κ1) is 20.5. The molecule has 0 atom stereocenters. The van der Waals surface area contributed by atoms with Crippen molar-refractivity contribution < 1.29 is 27.5 Å². The van der Waals surface area contributed by atoms with Gasteiger partial charge in [0.15, 0.2) is 23.2 Å². The summed E-state index contributed by atoms with van der Waals surface area (Å²) in [5.74, 6) is -1.53. The average molecular weight is 419 g/mol. The topological polar surface area (TPSA) is 75.9 Å². The maximum Gasteiger partial charge on any atom is 0.276 e. The Morgan fingerprint density at radius 1 is 1.00 bits per heavy atom. The van der Waals surface area contributed by atoms with Crippen molar-refractivity contribution >= 4 is 11.8 Å². The van der Waals surface area contributed by atoms with E-state index in [1.807, 2.05) is 0 Å². The molecule has 2 aliphatic heterocycles. The number of ether oxygens (including phenoxy) is 1. The van der Waals surface area contributed by atoms with Crippen molar-refractivity contribution in [2.75, 3.05) is 39.4 Å². The first-order valence-electron chi connectivity index (χ1n) is 10.0. The number of aryl methyl sites for hydroxylation is 1. The Labute approximate surface area is 172 Å². The molecule has 3 heterocycles. The number of rotatable bonds is 3. The van der Waals surface area contributed by atoms with Crippen LogP contribution in [0.3, 0.4) is 0 Å². The second kappa shape index (κ2) is 8.51. The maximum atomic E-state index is 13.4. The van der Waals surface area contributed by atoms with Gasteiger partial charge in [-0.2, -0.15) is 0 Å². The fraction of sp³-hybridized carbons (Fsp3) is 0.476. The second-order valence-corrected chi connectivity index (χ2v) is 7.56. The minimum absolute atomic E-state index is 0.0102. The number of piperidine rings is 1. The van der Waals surface area contributed by atoms with Crippen LogP contribution in [0.4, 0.5) is 8.78 Å². The number of aromatic nitrogens is 1. The number of carbonyl (C=O) groups is 2. The van der Waals surface area contributed by atoms with Gasteiger partial charge in [-0.3, -0.25) is 9.59 Å². The molecule has 30 heavy (non-hydrogen) atoms. The predicted molar refractivity (Wildman–Crippen MR) is 102 cm³/mol. The lowest BCUT2D eigenvalue weighted by atomic mass is 9.96. The van der Waals surface area contributed by atoms with E-state index < -0.39 is 11.6 Å². The first-order valence-corrected chi connectivity index (χ1v) is 10.0. The van der Waals surface area contributed by atoms with E-state index in [0.717, 1.165) is 12.1 Å². The van der Waals surface area contributed by atoms with E-state index in [1.54, 1.807) is 16.7 Å². The van der Waals surface area contributed by atoms with E-state index >= 15 is 0 Å². The number of likely N-dealkylation sites (tertiary alicyclic amines) is 1. The number of morpholine rings is 1. The van der Waals surface area contributed by atoms with Gasteiger partial charge in [0.05, 0.1) is 13.2 Å². The van der Waals surface area contributed by atoms with Gasteiger partial charge in [-0.25, -0.2) is 13.8 Å². The molecule has 0 unspecified atom stereocenters. The zero-order valence-electron chi connectivity index (χ0n) is 16.7. The molecule has 7 nitrogen and oxygen atoms in total. The van der Waals surface area contributed by atoms with Crippen LogP contribution in [0.25, 0.3) is 0 Å². The number of benzene rings is 1. The van der Waals surface area contributed by atoms with Gasteiger partial charge < -0.3 is 19.0 Å². The zero-order chi connectivity index (χ0) is 21.3. The molecular formula is C21H23F2N3O4. The standard InChI is InChI=1S/C21H23F2N3O4/c1-13-18(21(28)26-8-10-29-11-9-26)24-19(30-13)14-4-6-25(7-5-14)20(27)15-2-3-16(22)17(23)12-15/h2-3,12,14H,4-11H2,1H3. The van der Waals surface area contributed by atoms with Crippen LogP contribution in [0.1, 0.15) is 51.3 Å². The summed E-state index contributed by atoms with van der Waals surface area (Å²) in [5, 5.41) is 0. The third-order valence-corrected chi connectivity index (χ3v) is 5.61. The van der Waals surface area contributed by atoms with Crippen molar-refractivity contribution in [3.63, 3.8) is 0 Å². The fourth-order valence-corrected chi connectivity index (χ4v) is 3.85. The Morgan fingerprint density at radius 2 is 1.67 bits per heavy atom. The molecular weight excluding hydrogens is 396 g/mol. The molecule has 0 saturated carbocycles. The van der Waals surface area contributed by atoms with Crippen LogP contribution in [0.15, 0.2) is 22.6 Å². The summed E-state index contributed by atoms with van der Waals surface area (Å²) >= 11 is 0. The quantitative estimate of drug-likeness (QED) is 0.765. The molecule has 0 N–H and O–H groups in total. The highest BCUT2D eigenvalue weighted by Crippen LogP contribution is 2.30. The van der Waals surface area contributed by atoms with Gasteiger partial charge in [0.2, 0.25) is 0 Å². The summed E-state index contributed by atoms with van der Waals surface area (Å²) < 4.78 is 37.6. The molecule has 1 aromatic heterocycles. The number of halogens is 2. The molecule has 2 fully saturated rings. The van der Waals surface area contributed by atoms with Gasteiger partial charge in [-0.1, -0.05) is 0 Å². The van der Waals surface area contributed by atoms with Crippen molar-refractivity contribution in [3.8, 4) is 0 Å². The highest BCUT2D eigenvalue weighted by atomic mass is 19.2. The van der Waals surface area contributed by atoms with Gasteiger partial charge in [0.25, 0.3) is 11.8 Å². The molecule has 0 aliphatic carbocycles. The van der Waals surface area contributed by atoms with E-state index in [9.17, 15) is 18.4 Å². The fourth-order valence-electron chi connectivity index (χ4n) is 3.85. The lowest BCUT2D eigenvalue weighted by molar-refractivity contribution is 0.0298. The van der Waals surface area contributed by atoms with E-state index in [2.05, 4.69) is 4.98 Å². The smallest absolute Gasteiger partial charge is 0.276 e. The van der Waals surface area contributed by atoms with Gasteiger partial charge in [-0.05, 0) is 38.0 Å². The van der Waals surface area contributed by atoms with Crippen LogP contribution in [0.2, 0.25) is 0 Å². The minimum atomic E-state index is -1.04. The highest BCUT2D eigenvalue weighted by Gasteiger charge is 2.30. The SMILES string of the molecule is Cc1oc(C2CCN(C(=O)c3ccc(F)c(F)c3)CC2)nc1C(=O)N1CCOCC1. The number of carbonyl (C=O) groups excluding carboxylic acids is 2. The molecule has 2 aliphatic rings. The largest absolute Gasteiger partial charge is 0.445 e. The molecule has 2 amide bonds. The third-order valence-electron chi connectivity index (χ3n) is 5.61. The van der Waals surface area contributed by atoms with Crippen LogP contribution in [0, 0.1) is 18.6 Å². The Hall–Kier alpha value is -2.81. The van der Waals surface area contributed by atoms with E-state index in [4.69, 9.17) is 9.15 Å². The summed E-state index contributed by atoms with van der Waals surface area (Å²) in [5.41, 5.74) is 0.449. The average Bonchev–Trinajstić information content (AvgIpc) is 3.17. The molecule has 4 rings (SSSR count). The second-order valence-electron chi connectivity index (χ2n) is 7.56. The van der Waals surface area contributed by atoms with Crippen molar-refractivity contribution in [3.05, 3.63) is 52.7 Å². The van der Waals surface area contributed by atoms with Gasteiger partial charge >= 0.3 is 0 Å². The summed E-state index contributed by atoms with van der Waals surface area (Å²) in [4.78, 5) is 33.1. The molecule has 9 heteroatoms. The van der Waals surface area contributed by atoms with Crippen LogP contribution in [0.5, 0.6) is 0 Å². The third kappa shape index (κ3) is 4.07. The lowest BCUT2D eigenvalue weighted by Crippen LogP contribution is -2.41. The molecule has 0 spiro atoms. The van der Waals surface area contributed by atoms with Crippen LogP contribution in [-0.2, 0) is 4.74 Å². The number of oxazole rings is 1. The highest BCUT2D eigenvalue weighted by molar-refractivity contribution is 5.94. The molecule has 2 aromatic rings. The monoisotopic (exact) mass is 419 g/mol. The number of hydrogen-bond donors (Lipinski definition) is 0. The summed E-state index contributed by atoms with van der Waals surface area (Å²) in [6.07, 6.45) is 1.22. The Morgan fingerprint density at radius 3 is 2.33 bits per heavy atom. The van der Waals surface area contributed by atoms with E-state index in [0.29, 0.717) is 69.6 Å². The van der Waals surface area contributed by atoms with Crippen LogP contribution >= 0.6 is 0 Å². The Kier molecular flexibility index (Phi) is 5.80. The summed E-state index contributed by atoms with van der Waals surface area (Å²) in [7, 11) is 0. The summed E-state index contributed by atoms with van der Waals surface area (Å²) in [6.45, 7) is 4.70. The summed E-state index contributed by atoms with van der Waals surface area (Å²) in [6, 6.07) is 3.16. The molecule has 1 aromatic carbocycles. The molecule has 0 bridgehead atoms. The Balaban J connectivity index is 1.40. The van der Waals surface area contributed by atoms with E-state index in [1.165, 1.54) is 6.07 Å². The molecule has 0 radical (unpaired) electrons. The van der Waals surface area contributed by atoms with Gasteiger partial charge in [0, 0.05) is 37.7 Å². The molecule has 160 valence electrons. The van der Waals surface area contributed by atoms with Crippen molar-refractivity contribution in [2.45, 2.75) is 25.7 Å². The normalized spacial score (nSPS) is 18.0. The van der Waals surface area contributed by atoms with E-state index in [-0.39, 0.29) is 23.3 Å². The number of hydrogen-bond acceptors (Lipinski definition) is 5. The zero-order valence-corrected chi connectivity index (χ0v) is 16.7. The van der Waals surface area contributed by atoms with Crippen LogP contribution in [-0.4, -0.2) is 66.0 Å². The van der Waals surface area contributed by atoms with Gasteiger partial charge in [0.1, 0.15) is 5.76 Å². The van der Waals surface area contributed by atoms with Crippen LogP contribution < -0.4 is 0 Å².